The van der Waals surface area contributed by atoms with E-state index in [0.717, 1.165) is 5.56 Å². The zero-order valence-corrected chi connectivity index (χ0v) is 20.8. The number of rotatable bonds is 6. The topological polar surface area (TPSA) is 113 Å². The molecule has 194 valence electrons. The molecule has 1 amide bonds. The highest BCUT2D eigenvalue weighted by Crippen LogP contribution is 2.35. The Morgan fingerprint density at radius 2 is 1.74 bits per heavy atom. The van der Waals surface area contributed by atoms with Crippen LogP contribution >= 0.6 is 0 Å². The molecule has 0 spiro atoms. The highest BCUT2D eigenvalue weighted by Gasteiger charge is 2.21. The van der Waals surface area contributed by atoms with Crippen molar-refractivity contribution in [2.45, 2.75) is 26.5 Å². The van der Waals surface area contributed by atoms with Crippen LogP contribution in [-0.4, -0.2) is 31.3 Å². The average molecular weight is 516 g/mol. The van der Waals surface area contributed by atoms with E-state index in [9.17, 15) is 14.4 Å². The van der Waals surface area contributed by atoms with Crippen LogP contribution in [0.3, 0.4) is 0 Å². The smallest absolute Gasteiger partial charge is 0.408 e. The highest BCUT2D eigenvalue weighted by molar-refractivity contribution is 5.86. The predicted molar refractivity (Wildman–Crippen MR) is 139 cm³/mol. The lowest BCUT2D eigenvalue weighted by atomic mass is 10.0. The summed E-state index contributed by atoms with van der Waals surface area (Å²) in [5, 5.41) is 2.77. The van der Waals surface area contributed by atoms with Crippen LogP contribution < -0.4 is 25.0 Å². The minimum Gasteiger partial charge on any atom is -0.486 e. The lowest BCUT2D eigenvalue weighted by molar-refractivity contribution is -0.136. The van der Waals surface area contributed by atoms with Crippen molar-refractivity contribution in [2.75, 3.05) is 13.2 Å². The Kier molecular flexibility index (Phi) is 6.99. The Morgan fingerprint density at radius 3 is 2.53 bits per heavy atom. The average Bonchev–Trinajstić information content (AvgIpc) is 2.92. The molecule has 0 bridgehead atoms. The van der Waals surface area contributed by atoms with Crippen LogP contribution in [0.1, 0.15) is 18.2 Å². The molecule has 0 radical (unpaired) electrons. The van der Waals surface area contributed by atoms with Crippen LogP contribution in [0.15, 0.2) is 75.9 Å². The van der Waals surface area contributed by atoms with Crippen molar-refractivity contribution in [3.05, 3.63) is 88.3 Å². The number of amides is 1. The van der Waals surface area contributed by atoms with Crippen molar-refractivity contribution in [1.29, 1.82) is 0 Å². The van der Waals surface area contributed by atoms with Gasteiger partial charge in [-0.15, -0.1) is 0 Å². The number of esters is 1. The summed E-state index contributed by atoms with van der Waals surface area (Å²) in [5.74, 6) is 1.07. The molecule has 1 unspecified atom stereocenters. The van der Waals surface area contributed by atoms with Crippen molar-refractivity contribution in [2.24, 2.45) is 0 Å². The van der Waals surface area contributed by atoms with Gasteiger partial charge < -0.3 is 28.7 Å². The number of nitrogens with one attached hydrogen (secondary N) is 1. The summed E-state index contributed by atoms with van der Waals surface area (Å²) in [6.45, 7) is 4.16. The van der Waals surface area contributed by atoms with Gasteiger partial charge in [-0.2, -0.15) is 0 Å². The summed E-state index contributed by atoms with van der Waals surface area (Å²) in [7, 11) is 0. The summed E-state index contributed by atoms with van der Waals surface area (Å²) in [6, 6.07) is 18.0. The van der Waals surface area contributed by atoms with E-state index in [4.69, 9.17) is 23.4 Å². The molecule has 38 heavy (non-hydrogen) atoms. The van der Waals surface area contributed by atoms with E-state index in [1.54, 1.807) is 25.1 Å². The first-order valence-corrected chi connectivity index (χ1v) is 12.1. The highest BCUT2D eigenvalue weighted by atomic mass is 16.6. The molecule has 0 fully saturated rings. The Labute approximate surface area is 217 Å². The number of carbonyl (C=O) groups is 2. The Hall–Kier alpha value is -4.79. The van der Waals surface area contributed by atoms with E-state index in [1.165, 1.54) is 25.1 Å². The zero-order valence-electron chi connectivity index (χ0n) is 20.8. The fourth-order valence-corrected chi connectivity index (χ4v) is 4.09. The van der Waals surface area contributed by atoms with Crippen LogP contribution in [0.2, 0.25) is 0 Å². The molecule has 4 aromatic rings. The second-order valence-corrected chi connectivity index (χ2v) is 8.73. The SMILES string of the molecule is Cc1oc2cc(OC(=O)C(C)NC(=O)OCc3ccccc3)ccc2c(=O)c1-c1ccc2c(c1)OCCO2. The van der Waals surface area contributed by atoms with Gasteiger partial charge in [0.1, 0.15) is 43.0 Å². The molecular weight excluding hydrogens is 490 g/mol. The van der Waals surface area contributed by atoms with Crippen LogP contribution in [0.4, 0.5) is 4.79 Å². The molecule has 9 heteroatoms. The molecule has 1 aliphatic heterocycles. The lowest BCUT2D eigenvalue weighted by Gasteiger charge is -2.19. The van der Waals surface area contributed by atoms with Crippen molar-refractivity contribution in [1.82, 2.24) is 5.32 Å². The van der Waals surface area contributed by atoms with E-state index < -0.39 is 18.1 Å². The molecule has 0 saturated heterocycles. The number of hydrogen-bond acceptors (Lipinski definition) is 8. The van der Waals surface area contributed by atoms with Crippen LogP contribution in [0, 0.1) is 6.92 Å². The van der Waals surface area contributed by atoms with Crippen molar-refractivity contribution in [3.63, 3.8) is 0 Å². The van der Waals surface area contributed by atoms with Crippen molar-refractivity contribution in [3.8, 4) is 28.4 Å². The first-order valence-electron chi connectivity index (χ1n) is 12.1. The summed E-state index contributed by atoms with van der Waals surface area (Å²) >= 11 is 0. The predicted octanol–water partition coefficient (Wildman–Crippen LogP) is 4.76. The third-order valence-corrected chi connectivity index (χ3v) is 5.99. The third-order valence-electron chi connectivity index (χ3n) is 5.99. The number of ether oxygens (including phenoxy) is 4. The van der Waals surface area contributed by atoms with E-state index >= 15 is 0 Å². The van der Waals surface area contributed by atoms with Gasteiger partial charge in [0, 0.05) is 6.07 Å². The number of aryl methyl sites for hydroxylation is 1. The van der Waals surface area contributed by atoms with Crippen LogP contribution in [0.5, 0.6) is 17.2 Å². The molecule has 5 rings (SSSR count). The van der Waals surface area contributed by atoms with Gasteiger partial charge in [0.05, 0.1) is 10.9 Å². The first kappa shape index (κ1) is 24.9. The largest absolute Gasteiger partial charge is 0.486 e. The molecule has 0 saturated carbocycles. The molecule has 1 aromatic heterocycles. The van der Waals surface area contributed by atoms with Gasteiger partial charge in [-0.1, -0.05) is 36.4 Å². The molecule has 1 atom stereocenters. The lowest BCUT2D eigenvalue weighted by Crippen LogP contribution is -2.41. The monoisotopic (exact) mass is 515 g/mol. The Balaban J connectivity index is 1.28. The van der Waals surface area contributed by atoms with E-state index in [1.807, 2.05) is 30.3 Å². The maximum atomic E-state index is 13.3. The van der Waals surface area contributed by atoms with E-state index in [0.29, 0.717) is 47.0 Å². The molecule has 1 aliphatic rings. The number of hydrogen-bond donors (Lipinski definition) is 1. The first-order chi connectivity index (χ1) is 18.4. The van der Waals surface area contributed by atoms with Crippen LogP contribution in [-0.2, 0) is 16.1 Å². The van der Waals surface area contributed by atoms with Gasteiger partial charge in [-0.05, 0) is 49.2 Å². The van der Waals surface area contributed by atoms with Crippen molar-refractivity contribution < 1.29 is 33.0 Å². The standard InChI is InChI=1S/C29H25NO8/c1-17(30-29(33)36-16-19-6-4-3-5-7-19)28(32)38-21-9-10-22-24(15-21)37-18(2)26(27(22)31)20-8-11-23-25(14-20)35-13-12-34-23/h3-11,14-15,17H,12-13,16H2,1-2H3,(H,30,33). The summed E-state index contributed by atoms with van der Waals surface area (Å²) in [4.78, 5) is 37.9. The molecule has 2 heterocycles. The third kappa shape index (κ3) is 5.31. The second kappa shape index (κ2) is 10.7. The number of alkyl carbamates (subject to hydrolysis) is 1. The number of benzene rings is 3. The van der Waals surface area contributed by atoms with Gasteiger partial charge in [-0.25, -0.2) is 9.59 Å². The normalized spacial score (nSPS) is 13.0. The maximum Gasteiger partial charge on any atom is 0.408 e. The fourth-order valence-electron chi connectivity index (χ4n) is 4.09. The molecular formula is C29H25NO8. The minimum atomic E-state index is -0.972. The van der Waals surface area contributed by atoms with Gasteiger partial charge in [0.2, 0.25) is 5.43 Å². The summed E-state index contributed by atoms with van der Waals surface area (Å²) in [6.07, 6.45) is -0.745. The van der Waals surface area contributed by atoms with Gasteiger partial charge in [0.15, 0.2) is 11.5 Å². The number of carbonyl (C=O) groups excluding carboxylic acids is 2. The van der Waals surface area contributed by atoms with Gasteiger partial charge in [0.25, 0.3) is 0 Å². The molecule has 0 aliphatic carbocycles. The van der Waals surface area contributed by atoms with Crippen molar-refractivity contribution >= 4 is 23.0 Å². The molecule has 1 N–H and O–H groups in total. The zero-order chi connectivity index (χ0) is 26.6. The fraction of sp³-hybridized carbons (Fsp3) is 0.207. The summed E-state index contributed by atoms with van der Waals surface area (Å²) < 4.78 is 27.7. The van der Waals surface area contributed by atoms with Gasteiger partial charge >= 0.3 is 12.1 Å². The second-order valence-electron chi connectivity index (χ2n) is 8.73. The minimum absolute atomic E-state index is 0.0751. The van der Waals surface area contributed by atoms with E-state index in [2.05, 4.69) is 5.32 Å². The maximum absolute atomic E-state index is 13.3. The van der Waals surface area contributed by atoms with E-state index in [-0.39, 0.29) is 23.4 Å². The van der Waals surface area contributed by atoms with Gasteiger partial charge in [-0.3, -0.25) is 4.79 Å². The molecule has 3 aromatic carbocycles. The summed E-state index contributed by atoms with van der Waals surface area (Å²) in [5.41, 5.74) is 1.92. The molecule has 9 nitrogen and oxygen atoms in total. The van der Waals surface area contributed by atoms with Crippen LogP contribution in [0.25, 0.3) is 22.1 Å². The Bertz CT molecular complexity index is 1560. The Morgan fingerprint density at radius 1 is 0.974 bits per heavy atom. The number of fused-ring (bicyclic) bond motifs is 2. The quantitative estimate of drug-likeness (QED) is 0.289.